The van der Waals surface area contributed by atoms with Crippen LogP contribution in [0, 0.1) is 11.6 Å². The second-order valence-electron chi connectivity index (χ2n) is 4.00. The number of hydrogen-bond acceptors (Lipinski definition) is 2. The molecule has 100 valence electrons. The highest BCUT2D eigenvalue weighted by molar-refractivity contribution is 9.10. The lowest BCUT2D eigenvalue weighted by Crippen LogP contribution is -2.05. The van der Waals surface area contributed by atoms with Crippen LogP contribution in [0.5, 0.6) is 11.5 Å². The second kappa shape index (κ2) is 6.12. The van der Waals surface area contributed by atoms with Gasteiger partial charge in [0.05, 0.1) is 0 Å². The highest BCUT2D eigenvalue weighted by Crippen LogP contribution is 2.28. The molecule has 0 fully saturated rings. The summed E-state index contributed by atoms with van der Waals surface area (Å²) in [5.41, 5.74) is 0.731. The molecule has 0 amide bonds. The topological polar surface area (TPSA) is 21.3 Å². The third-order valence-electron chi connectivity index (χ3n) is 2.43. The fourth-order valence-electron chi connectivity index (χ4n) is 1.67. The number of nitrogens with one attached hydrogen (secondary N) is 1. The van der Waals surface area contributed by atoms with Gasteiger partial charge in [-0.1, -0.05) is 15.9 Å². The van der Waals surface area contributed by atoms with Crippen molar-refractivity contribution in [2.45, 2.75) is 6.54 Å². The lowest BCUT2D eigenvalue weighted by molar-refractivity contribution is 0.437. The smallest absolute Gasteiger partial charge is 0.166 e. The molecule has 19 heavy (non-hydrogen) atoms. The molecule has 0 saturated heterocycles. The van der Waals surface area contributed by atoms with Crippen LogP contribution in [-0.4, -0.2) is 7.05 Å². The number of ether oxygens (including phenoxy) is 1. The molecular formula is C14H12BrF2NO. The van der Waals surface area contributed by atoms with E-state index < -0.39 is 11.6 Å². The lowest BCUT2D eigenvalue weighted by atomic mass is 10.2. The van der Waals surface area contributed by atoms with Gasteiger partial charge in [0.25, 0.3) is 0 Å². The minimum atomic E-state index is -0.506. The van der Waals surface area contributed by atoms with Crippen molar-refractivity contribution >= 4 is 15.9 Å². The monoisotopic (exact) mass is 327 g/mol. The van der Waals surface area contributed by atoms with Crippen LogP contribution < -0.4 is 10.1 Å². The Kier molecular flexibility index (Phi) is 4.50. The quantitative estimate of drug-likeness (QED) is 0.906. The lowest BCUT2D eigenvalue weighted by Gasteiger charge is -2.09. The first-order chi connectivity index (χ1) is 9.08. The molecule has 0 spiro atoms. The molecule has 2 aromatic carbocycles. The summed E-state index contributed by atoms with van der Waals surface area (Å²) in [5, 5.41) is 2.92. The van der Waals surface area contributed by atoms with E-state index in [4.69, 9.17) is 4.74 Å². The second-order valence-corrected chi connectivity index (χ2v) is 4.92. The number of benzene rings is 2. The molecule has 0 aliphatic heterocycles. The van der Waals surface area contributed by atoms with E-state index in [1.165, 1.54) is 24.3 Å². The van der Waals surface area contributed by atoms with Crippen LogP contribution in [0.25, 0.3) is 0 Å². The van der Waals surface area contributed by atoms with Gasteiger partial charge in [0.2, 0.25) is 0 Å². The van der Waals surface area contributed by atoms with Gasteiger partial charge in [-0.05, 0) is 42.9 Å². The molecule has 0 heterocycles. The average Bonchev–Trinajstić information content (AvgIpc) is 2.32. The van der Waals surface area contributed by atoms with E-state index in [1.807, 2.05) is 0 Å². The standard InChI is InChI=1S/C14H12BrF2NO/c1-18-8-9-4-11(16)7-12(5-9)19-14-3-2-10(15)6-13(14)17/h2-7,18H,8H2,1H3. The Labute approximate surface area is 118 Å². The van der Waals surface area contributed by atoms with E-state index >= 15 is 0 Å². The van der Waals surface area contributed by atoms with Gasteiger partial charge < -0.3 is 10.1 Å². The maximum Gasteiger partial charge on any atom is 0.166 e. The SMILES string of the molecule is CNCc1cc(F)cc(Oc2ccc(Br)cc2F)c1. The maximum absolute atomic E-state index is 13.6. The van der Waals surface area contributed by atoms with Gasteiger partial charge >= 0.3 is 0 Å². The van der Waals surface area contributed by atoms with E-state index in [0.717, 1.165) is 5.56 Å². The van der Waals surface area contributed by atoms with Crippen molar-refractivity contribution in [1.82, 2.24) is 5.32 Å². The maximum atomic E-state index is 13.6. The van der Waals surface area contributed by atoms with E-state index in [2.05, 4.69) is 21.2 Å². The first-order valence-electron chi connectivity index (χ1n) is 5.65. The summed E-state index contributed by atoms with van der Waals surface area (Å²) in [7, 11) is 1.76. The molecule has 0 unspecified atom stereocenters. The minimum Gasteiger partial charge on any atom is -0.454 e. The zero-order chi connectivity index (χ0) is 13.8. The zero-order valence-electron chi connectivity index (χ0n) is 10.2. The van der Waals surface area contributed by atoms with Gasteiger partial charge in [-0.15, -0.1) is 0 Å². The average molecular weight is 328 g/mol. The van der Waals surface area contributed by atoms with Gasteiger partial charge in [-0.3, -0.25) is 0 Å². The van der Waals surface area contributed by atoms with Gasteiger partial charge in [0.1, 0.15) is 11.6 Å². The van der Waals surface area contributed by atoms with Gasteiger partial charge in [0.15, 0.2) is 11.6 Å². The van der Waals surface area contributed by atoms with E-state index in [9.17, 15) is 8.78 Å². The van der Waals surface area contributed by atoms with Crippen molar-refractivity contribution in [2.75, 3.05) is 7.05 Å². The summed E-state index contributed by atoms with van der Waals surface area (Å²) in [6, 6.07) is 8.74. The Hall–Kier alpha value is -1.46. The van der Waals surface area contributed by atoms with Crippen molar-refractivity contribution in [3.8, 4) is 11.5 Å². The molecule has 0 radical (unpaired) electrons. The third-order valence-corrected chi connectivity index (χ3v) is 2.93. The van der Waals surface area contributed by atoms with Crippen LogP contribution in [0.4, 0.5) is 8.78 Å². The Morgan fingerprint density at radius 3 is 2.63 bits per heavy atom. The third kappa shape index (κ3) is 3.75. The minimum absolute atomic E-state index is 0.0595. The molecule has 0 atom stereocenters. The first-order valence-corrected chi connectivity index (χ1v) is 6.45. The summed E-state index contributed by atoms with van der Waals surface area (Å²) in [5.74, 6) is -0.593. The fourth-order valence-corrected chi connectivity index (χ4v) is 2.00. The number of hydrogen-bond donors (Lipinski definition) is 1. The first kappa shape index (κ1) is 14.0. The highest BCUT2D eigenvalue weighted by Gasteiger charge is 2.07. The largest absolute Gasteiger partial charge is 0.454 e. The fraction of sp³-hybridized carbons (Fsp3) is 0.143. The Morgan fingerprint density at radius 2 is 1.95 bits per heavy atom. The molecular weight excluding hydrogens is 316 g/mol. The molecule has 0 aliphatic rings. The Balaban J connectivity index is 2.27. The summed E-state index contributed by atoms with van der Waals surface area (Å²) < 4.78 is 33.0. The summed E-state index contributed by atoms with van der Waals surface area (Å²) >= 11 is 3.16. The van der Waals surface area contributed by atoms with E-state index in [1.54, 1.807) is 19.2 Å². The van der Waals surface area contributed by atoms with Crippen molar-refractivity contribution in [1.29, 1.82) is 0 Å². The van der Waals surface area contributed by atoms with Crippen LogP contribution in [0.3, 0.4) is 0 Å². The van der Waals surface area contributed by atoms with Crippen molar-refractivity contribution in [3.05, 3.63) is 58.1 Å². The van der Waals surface area contributed by atoms with Gasteiger partial charge in [-0.2, -0.15) is 0 Å². The molecule has 0 aliphatic carbocycles. The van der Waals surface area contributed by atoms with Crippen LogP contribution in [-0.2, 0) is 6.54 Å². The van der Waals surface area contributed by atoms with Crippen molar-refractivity contribution < 1.29 is 13.5 Å². The summed E-state index contributed by atoms with van der Waals surface area (Å²) in [6.07, 6.45) is 0. The zero-order valence-corrected chi connectivity index (χ0v) is 11.8. The van der Waals surface area contributed by atoms with Crippen LogP contribution in [0.2, 0.25) is 0 Å². The molecule has 0 saturated carbocycles. The summed E-state index contributed by atoms with van der Waals surface area (Å²) in [4.78, 5) is 0. The van der Waals surface area contributed by atoms with Crippen molar-refractivity contribution in [2.24, 2.45) is 0 Å². The summed E-state index contributed by atoms with van der Waals surface area (Å²) in [6.45, 7) is 0.511. The molecule has 0 aromatic heterocycles. The van der Waals surface area contributed by atoms with E-state index in [-0.39, 0.29) is 11.5 Å². The van der Waals surface area contributed by atoms with Crippen molar-refractivity contribution in [3.63, 3.8) is 0 Å². The van der Waals surface area contributed by atoms with E-state index in [0.29, 0.717) is 11.0 Å². The molecule has 1 N–H and O–H groups in total. The van der Waals surface area contributed by atoms with Crippen LogP contribution >= 0.6 is 15.9 Å². The Morgan fingerprint density at radius 1 is 1.16 bits per heavy atom. The number of halogens is 3. The molecule has 5 heteroatoms. The van der Waals surface area contributed by atoms with Gasteiger partial charge in [-0.25, -0.2) is 8.78 Å². The molecule has 2 nitrogen and oxygen atoms in total. The normalized spacial score (nSPS) is 10.5. The highest BCUT2D eigenvalue weighted by atomic mass is 79.9. The van der Waals surface area contributed by atoms with Crippen LogP contribution in [0.1, 0.15) is 5.56 Å². The number of rotatable bonds is 4. The van der Waals surface area contributed by atoms with Gasteiger partial charge in [0, 0.05) is 17.1 Å². The predicted octanol–water partition coefficient (Wildman–Crippen LogP) is 4.24. The molecule has 0 bridgehead atoms. The molecule has 2 aromatic rings. The predicted molar refractivity (Wildman–Crippen MR) is 73.3 cm³/mol. The molecule has 2 rings (SSSR count). The Bertz CT molecular complexity index is 590. The van der Waals surface area contributed by atoms with Crippen LogP contribution in [0.15, 0.2) is 40.9 Å².